The number of nitrogens with one attached hydrogen (secondary N) is 1. The van der Waals surface area contributed by atoms with Crippen LogP contribution in [0.4, 0.5) is 0 Å². The van der Waals surface area contributed by atoms with E-state index in [0.29, 0.717) is 24.0 Å². The van der Waals surface area contributed by atoms with Gasteiger partial charge in [-0.2, -0.15) is 0 Å². The van der Waals surface area contributed by atoms with Gasteiger partial charge < -0.3 is 13.9 Å². The van der Waals surface area contributed by atoms with Crippen molar-refractivity contribution in [3.63, 3.8) is 0 Å². The summed E-state index contributed by atoms with van der Waals surface area (Å²) < 4.78 is 43.1. The van der Waals surface area contributed by atoms with Crippen LogP contribution in [0.5, 0.6) is 11.5 Å². The van der Waals surface area contributed by atoms with Crippen LogP contribution in [-0.4, -0.2) is 39.4 Å². The summed E-state index contributed by atoms with van der Waals surface area (Å²) >= 11 is 0. The molecule has 1 aromatic heterocycles. The fourth-order valence-corrected chi connectivity index (χ4v) is 3.18. The van der Waals surface area contributed by atoms with E-state index >= 15 is 0 Å². The highest BCUT2D eigenvalue weighted by atomic mass is 32.2. The maximum Gasteiger partial charge on any atom is 0.244 e. The topological polar surface area (TPSA) is 104 Å². The summed E-state index contributed by atoms with van der Waals surface area (Å²) in [6, 6.07) is 4.58. The Hall–Kier alpha value is -2.13. The molecule has 132 valence electrons. The molecule has 1 aromatic carbocycles. The van der Waals surface area contributed by atoms with Crippen LogP contribution in [0.15, 0.2) is 27.5 Å². The molecule has 0 saturated heterocycles. The molecular formula is C15H21N3O5S. The Kier molecular flexibility index (Phi) is 5.79. The molecule has 0 fully saturated rings. The Bertz CT molecular complexity index is 786. The van der Waals surface area contributed by atoms with Crippen LogP contribution in [0.2, 0.25) is 0 Å². The Morgan fingerprint density at radius 1 is 1.21 bits per heavy atom. The van der Waals surface area contributed by atoms with Gasteiger partial charge in [0.15, 0.2) is 0 Å². The van der Waals surface area contributed by atoms with Crippen molar-refractivity contribution in [2.24, 2.45) is 0 Å². The zero-order valence-corrected chi connectivity index (χ0v) is 14.9. The maximum atomic E-state index is 12.5. The van der Waals surface area contributed by atoms with Crippen molar-refractivity contribution in [3.05, 3.63) is 30.0 Å². The summed E-state index contributed by atoms with van der Waals surface area (Å²) in [7, 11) is -0.885. The summed E-state index contributed by atoms with van der Waals surface area (Å²) in [5.74, 6) is 1.71. The lowest BCUT2D eigenvalue weighted by atomic mass is 10.2. The third-order valence-electron chi connectivity index (χ3n) is 3.27. The highest BCUT2D eigenvalue weighted by Crippen LogP contribution is 2.27. The lowest BCUT2D eigenvalue weighted by Gasteiger charge is -2.11. The summed E-state index contributed by atoms with van der Waals surface area (Å²) in [6.07, 6.45) is 0.297. The molecule has 0 saturated carbocycles. The lowest BCUT2D eigenvalue weighted by molar-refractivity contribution is 0.392. The predicted octanol–water partition coefficient (Wildman–Crippen LogP) is 1.73. The molecule has 1 N–H and O–H groups in total. The molecule has 0 spiro atoms. The Balaban J connectivity index is 2.08. The van der Waals surface area contributed by atoms with Gasteiger partial charge in [0.25, 0.3) is 0 Å². The second-order valence-electron chi connectivity index (χ2n) is 5.35. The minimum Gasteiger partial charge on any atom is -0.497 e. The number of methoxy groups -OCH3 is 2. The second kappa shape index (κ2) is 7.63. The predicted molar refractivity (Wildman–Crippen MR) is 86.8 cm³/mol. The van der Waals surface area contributed by atoms with Crippen LogP contribution in [0.3, 0.4) is 0 Å². The molecule has 8 nitrogen and oxygen atoms in total. The summed E-state index contributed by atoms with van der Waals surface area (Å²) in [5, 5.41) is 7.80. The van der Waals surface area contributed by atoms with Crippen molar-refractivity contribution in [3.8, 4) is 11.5 Å². The number of sulfonamides is 1. The van der Waals surface area contributed by atoms with Gasteiger partial charge in [-0.25, -0.2) is 13.1 Å². The minimum absolute atomic E-state index is 0.0118. The molecule has 2 rings (SSSR count). The third kappa shape index (κ3) is 4.24. The average molecular weight is 355 g/mol. The lowest BCUT2D eigenvalue weighted by Crippen LogP contribution is -2.26. The maximum absolute atomic E-state index is 12.5. The van der Waals surface area contributed by atoms with E-state index < -0.39 is 10.0 Å². The molecule has 0 aliphatic rings. The van der Waals surface area contributed by atoms with Crippen molar-refractivity contribution in [1.29, 1.82) is 0 Å². The van der Waals surface area contributed by atoms with E-state index in [1.807, 2.05) is 13.8 Å². The monoisotopic (exact) mass is 355 g/mol. The van der Waals surface area contributed by atoms with Crippen molar-refractivity contribution < 1.29 is 22.3 Å². The molecule has 1 heterocycles. The molecule has 2 aromatic rings. The zero-order chi connectivity index (χ0) is 17.7. The van der Waals surface area contributed by atoms with Crippen molar-refractivity contribution in [2.75, 3.05) is 20.8 Å². The zero-order valence-electron chi connectivity index (χ0n) is 14.1. The Morgan fingerprint density at radius 3 is 2.54 bits per heavy atom. The summed E-state index contributed by atoms with van der Waals surface area (Å²) in [4.78, 5) is 0.0118. The smallest absolute Gasteiger partial charge is 0.244 e. The van der Waals surface area contributed by atoms with E-state index in [0.717, 1.165) is 0 Å². The highest BCUT2D eigenvalue weighted by Gasteiger charge is 2.20. The normalized spacial score (nSPS) is 11.7. The number of hydrogen-bond acceptors (Lipinski definition) is 7. The largest absolute Gasteiger partial charge is 0.497 e. The number of rotatable bonds is 8. The molecule has 0 bridgehead atoms. The molecule has 0 aliphatic carbocycles. The number of benzene rings is 1. The van der Waals surface area contributed by atoms with Gasteiger partial charge >= 0.3 is 0 Å². The van der Waals surface area contributed by atoms with Gasteiger partial charge in [0, 0.05) is 24.9 Å². The molecule has 0 radical (unpaired) electrons. The van der Waals surface area contributed by atoms with E-state index in [1.165, 1.54) is 20.3 Å². The first-order valence-electron chi connectivity index (χ1n) is 7.41. The van der Waals surface area contributed by atoms with Gasteiger partial charge in [0.05, 0.1) is 14.2 Å². The van der Waals surface area contributed by atoms with Gasteiger partial charge in [0.2, 0.25) is 21.8 Å². The van der Waals surface area contributed by atoms with Gasteiger partial charge in [-0.05, 0) is 12.1 Å². The third-order valence-corrected chi connectivity index (χ3v) is 4.75. The first kappa shape index (κ1) is 18.2. The van der Waals surface area contributed by atoms with Gasteiger partial charge in [-0.1, -0.05) is 13.8 Å². The molecule has 0 unspecified atom stereocenters. The molecule has 24 heavy (non-hydrogen) atoms. The fourth-order valence-electron chi connectivity index (χ4n) is 1.97. The number of ether oxygens (including phenoxy) is 2. The fraction of sp³-hybridized carbons (Fsp3) is 0.467. The first-order valence-corrected chi connectivity index (χ1v) is 8.89. The number of hydrogen-bond donors (Lipinski definition) is 1. The molecule has 0 aliphatic heterocycles. The number of aromatic nitrogens is 2. The van der Waals surface area contributed by atoms with Crippen LogP contribution in [0.1, 0.15) is 31.5 Å². The summed E-state index contributed by atoms with van der Waals surface area (Å²) in [5.41, 5.74) is 0. The minimum atomic E-state index is -3.76. The average Bonchev–Trinajstić information content (AvgIpc) is 3.03. The van der Waals surface area contributed by atoms with E-state index in [4.69, 9.17) is 13.9 Å². The SMILES string of the molecule is COc1ccc(OC)c(S(=O)(=O)NCCc2nnc(C(C)C)o2)c1. The highest BCUT2D eigenvalue weighted by molar-refractivity contribution is 7.89. The Labute approximate surface area is 141 Å². The Morgan fingerprint density at radius 2 is 1.96 bits per heavy atom. The van der Waals surface area contributed by atoms with E-state index in [9.17, 15) is 8.42 Å². The summed E-state index contributed by atoms with van der Waals surface area (Å²) in [6.45, 7) is 4.01. The van der Waals surface area contributed by atoms with Gasteiger partial charge in [-0.3, -0.25) is 0 Å². The molecular weight excluding hydrogens is 334 g/mol. The van der Waals surface area contributed by atoms with Crippen molar-refractivity contribution in [2.45, 2.75) is 31.1 Å². The number of nitrogens with zero attached hydrogens (tertiary/aromatic N) is 2. The van der Waals surface area contributed by atoms with Crippen LogP contribution in [0.25, 0.3) is 0 Å². The van der Waals surface area contributed by atoms with Gasteiger partial charge in [-0.15, -0.1) is 10.2 Å². The van der Waals surface area contributed by atoms with Crippen LogP contribution in [-0.2, 0) is 16.4 Å². The molecule has 0 amide bonds. The van der Waals surface area contributed by atoms with Crippen LogP contribution < -0.4 is 14.2 Å². The van der Waals surface area contributed by atoms with Crippen molar-refractivity contribution >= 4 is 10.0 Å². The first-order chi connectivity index (χ1) is 11.4. The van der Waals surface area contributed by atoms with E-state index in [2.05, 4.69) is 14.9 Å². The second-order valence-corrected chi connectivity index (χ2v) is 7.09. The van der Waals surface area contributed by atoms with E-state index in [1.54, 1.807) is 12.1 Å². The van der Waals surface area contributed by atoms with Crippen molar-refractivity contribution in [1.82, 2.24) is 14.9 Å². The molecule has 9 heteroatoms. The quantitative estimate of drug-likeness (QED) is 0.769. The molecule has 0 atom stereocenters. The van der Waals surface area contributed by atoms with Gasteiger partial charge in [0.1, 0.15) is 16.4 Å². The van der Waals surface area contributed by atoms with Crippen LogP contribution >= 0.6 is 0 Å². The van der Waals surface area contributed by atoms with Crippen LogP contribution in [0, 0.1) is 0 Å². The standard InChI is InChI=1S/C15H21N3O5S/c1-10(2)15-18-17-14(23-15)7-8-16-24(19,20)13-9-11(21-3)5-6-12(13)22-4/h5-6,9-10,16H,7-8H2,1-4H3. The van der Waals surface area contributed by atoms with E-state index in [-0.39, 0.29) is 23.1 Å².